The Hall–Kier alpha value is -3.45. The van der Waals surface area contributed by atoms with Crippen LogP contribution in [0.4, 0.5) is 11.6 Å². The summed E-state index contributed by atoms with van der Waals surface area (Å²) in [6.07, 6.45) is 3.26. The summed E-state index contributed by atoms with van der Waals surface area (Å²) < 4.78 is 1.64. The van der Waals surface area contributed by atoms with Crippen molar-refractivity contribution in [1.82, 2.24) is 19.5 Å². The Kier molecular flexibility index (Phi) is 4.21. The van der Waals surface area contributed by atoms with Crippen molar-refractivity contribution in [2.24, 2.45) is 7.05 Å². The lowest BCUT2D eigenvalue weighted by atomic mass is 10.2. The lowest BCUT2D eigenvalue weighted by Gasteiger charge is -2.07. The molecule has 4 rings (SSSR count). The fourth-order valence-electron chi connectivity index (χ4n) is 2.87. The van der Waals surface area contributed by atoms with Crippen LogP contribution < -0.4 is 5.32 Å². The van der Waals surface area contributed by atoms with Gasteiger partial charge in [-0.25, -0.2) is 14.8 Å². The molecule has 0 aliphatic rings. The Morgan fingerprint density at radius 3 is 2.67 bits per heavy atom. The van der Waals surface area contributed by atoms with Crippen molar-refractivity contribution in [3.63, 3.8) is 0 Å². The number of carboxylic acids is 1. The summed E-state index contributed by atoms with van der Waals surface area (Å²) in [5.41, 5.74) is 3.10. The highest BCUT2D eigenvalue weighted by atomic mass is 35.5. The normalized spacial score (nSPS) is 10.9. The zero-order valence-electron chi connectivity index (χ0n) is 14.2. The number of hydrogen-bond donors (Lipinski definition) is 2. The van der Waals surface area contributed by atoms with Crippen LogP contribution in [-0.4, -0.2) is 30.6 Å². The molecule has 8 heteroatoms. The minimum absolute atomic E-state index is 0.229. The van der Waals surface area contributed by atoms with E-state index in [1.807, 2.05) is 18.2 Å². The Bertz CT molecular complexity index is 1170. The van der Waals surface area contributed by atoms with Crippen LogP contribution >= 0.6 is 11.6 Å². The number of nitrogens with zero attached hydrogens (tertiary/aromatic N) is 4. The molecule has 0 atom stereocenters. The number of aromatic nitrogens is 4. The summed E-state index contributed by atoms with van der Waals surface area (Å²) in [5.74, 6) is -0.559. The summed E-state index contributed by atoms with van der Waals surface area (Å²) in [4.78, 5) is 24.3. The van der Waals surface area contributed by atoms with Gasteiger partial charge in [0.2, 0.25) is 5.95 Å². The van der Waals surface area contributed by atoms with Crippen LogP contribution in [0.1, 0.15) is 10.5 Å². The SMILES string of the molecule is Cn1c(C(=O)O)cc2cc(Nc3nccc(-c4cc(Cl)ccn4)n3)ccc21. The largest absolute Gasteiger partial charge is 0.477 e. The molecule has 4 aromatic rings. The molecule has 1 aromatic carbocycles. The van der Waals surface area contributed by atoms with Crippen molar-refractivity contribution >= 4 is 40.1 Å². The van der Waals surface area contributed by atoms with Gasteiger partial charge in [-0.05, 0) is 42.5 Å². The Labute approximate surface area is 159 Å². The van der Waals surface area contributed by atoms with Crippen LogP contribution in [0.3, 0.4) is 0 Å². The summed E-state index contributed by atoms with van der Waals surface area (Å²) in [6, 6.07) is 12.4. The highest BCUT2D eigenvalue weighted by molar-refractivity contribution is 6.30. The van der Waals surface area contributed by atoms with Crippen molar-refractivity contribution in [3.8, 4) is 11.4 Å². The van der Waals surface area contributed by atoms with E-state index in [-0.39, 0.29) is 5.69 Å². The number of carbonyl (C=O) groups is 1. The number of aryl methyl sites for hydroxylation is 1. The molecule has 0 aliphatic carbocycles. The van der Waals surface area contributed by atoms with Crippen LogP contribution in [0.25, 0.3) is 22.3 Å². The first kappa shape index (κ1) is 17.0. The van der Waals surface area contributed by atoms with Crippen LogP contribution in [0.5, 0.6) is 0 Å². The molecule has 0 saturated heterocycles. The van der Waals surface area contributed by atoms with Crippen LogP contribution in [0.2, 0.25) is 5.02 Å². The molecule has 0 amide bonds. The van der Waals surface area contributed by atoms with Gasteiger partial charge in [0.25, 0.3) is 0 Å². The van der Waals surface area contributed by atoms with Gasteiger partial charge in [0.15, 0.2) is 0 Å². The fourth-order valence-corrected chi connectivity index (χ4v) is 3.03. The van der Waals surface area contributed by atoms with Crippen LogP contribution in [0.15, 0.2) is 54.9 Å². The summed E-state index contributed by atoms with van der Waals surface area (Å²) >= 11 is 6.01. The second-order valence-corrected chi connectivity index (χ2v) is 6.35. The quantitative estimate of drug-likeness (QED) is 0.554. The lowest BCUT2D eigenvalue weighted by Crippen LogP contribution is -2.03. The first-order chi connectivity index (χ1) is 13.0. The molecule has 0 saturated carbocycles. The van der Waals surface area contributed by atoms with E-state index >= 15 is 0 Å². The summed E-state index contributed by atoms with van der Waals surface area (Å²) in [5, 5.41) is 13.8. The zero-order valence-corrected chi connectivity index (χ0v) is 15.0. The van der Waals surface area contributed by atoms with Crippen molar-refractivity contribution in [2.45, 2.75) is 0 Å². The third-order valence-corrected chi connectivity index (χ3v) is 4.39. The lowest BCUT2D eigenvalue weighted by molar-refractivity contribution is 0.0687. The molecule has 0 unspecified atom stereocenters. The maximum atomic E-state index is 11.3. The van der Waals surface area contributed by atoms with Gasteiger partial charge in [0.1, 0.15) is 5.69 Å². The number of benzene rings is 1. The zero-order chi connectivity index (χ0) is 19.0. The van der Waals surface area contributed by atoms with Gasteiger partial charge in [0, 0.05) is 41.1 Å². The Morgan fingerprint density at radius 2 is 1.89 bits per heavy atom. The molecule has 0 aliphatic heterocycles. The number of nitrogens with one attached hydrogen (secondary N) is 1. The van der Waals surface area contributed by atoms with E-state index in [2.05, 4.69) is 20.3 Å². The fraction of sp³-hybridized carbons (Fsp3) is 0.0526. The topological polar surface area (TPSA) is 92.9 Å². The monoisotopic (exact) mass is 379 g/mol. The second-order valence-electron chi connectivity index (χ2n) is 5.92. The molecule has 3 aromatic heterocycles. The predicted molar refractivity (Wildman–Crippen MR) is 103 cm³/mol. The van der Waals surface area contributed by atoms with E-state index in [9.17, 15) is 9.90 Å². The van der Waals surface area contributed by atoms with Gasteiger partial charge < -0.3 is 15.0 Å². The van der Waals surface area contributed by atoms with E-state index in [1.54, 1.807) is 48.3 Å². The van der Waals surface area contributed by atoms with Gasteiger partial charge in [-0.1, -0.05) is 11.6 Å². The number of carboxylic acid groups (broad SMARTS) is 1. The molecule has 2 N–H and O–H groups in total. The minimum atomic E-state index is -0.965. The highest BCUT2D eigenvalue weighted by Crippen LogP contribution is 2.25. The molecule has 3 heterocycles. The van der Waals surface area contributed by atoms with Crippen molar-refractivity contribution in [3.05, 3.63) is 65.6 Å². The molecule has 0 radical (unpaired) electrons. The van der Waals surface area contributed by atoms with Crippen molar-refractivity contribution in [1.29, 1.82) is 0 Å². The molecule has 134 valence electrons. The molecular formula is C19H14ClN5O2. The van der Waals surface area contributed by atoms with E-state index in [1.165, 1.54) is 0 Å². The summed E-state index contributed by atoms with van der Waals surface area (Å²) in [6.45, 7) is 0. The van der Waals surface area contributed by atoms with Gasteiger partial charge in [-0.3, -0.25) is 4.98 Å². The first-order valence-electron chi connectivity index (χ1n) is 8.06. The number of rotatable bonds is 4. The maximum absolute atomic E-state index is 11.3. The number of halogens is 1. The number of hydrogen-bond acceptors (Lipinski definition) is 5. The van der Waals surface area contributed by atoms with E-state index in [0.717, 1.165) is 16.6 Å². The summed E-state index contributed by atoms with van der Waals surface area (Å²) in [7, 11) is 1.73. The Balaban J connectivity index is 1.66. The van der Waals surface area contributed by atoms with Gasteiger partial charge in [0.05, 0.1) is 11.4 Å². The van der Waals surface area contributed by atoms with E-state index in [0.29, 0.717) is 22.4 Å². The van der Waals surface area contributed by atoms with E-state index in [4.69, 9.17) is 11.6 Å². The molecule has 0 bridgehead atoms. The first-order valence-corrected chi connectivity index (χ1v) is 8.44. The molecule has 7 nitrogen and oxygen atoms in total. The smallest absolute Gasteiger partial charge is 0.352 e. The molecule has 0 fully saturated rings. The third-order valence-electron chi connectivity index (χ3n) is 4.16. The van der Waals surface area contributed by atoms with Crippen molar-refractivity contribution in [2.75, 3.05) is 5.32 Å². The molecule has 0 spiro atoms. The minimum Gasteiger partial charge on any atom is -0.477 e. The van der Waals surface area contributed by atoms with Crippen LogP contribution in [0, 0.1) is 0 Å². The standard InChI is InChI=1S/C19H14ClN5O2/c1-25-16-3-2-13(8-11(16)9-17(25)18(26)27)23-19-22-7-5-14(24-19)15-10-12(20)4-6-21-15/h2-10H,1H3,(H,26,27)(H,22,23,24). The van der Waals surface area contributed by atoms with Gasteiger partial charge >= 0.3 is 5.97 Å². The number of fused-ring (bicyclic) bond motifs is 1. The average molecular weight is 380 g/mol. The molecular weight excluding hydrogens is 366 g/mol. The van der Waals surface area contributed by atoms with E-state index < -0.39 is 5.97 Å². The maximum Gasteiger partial charge on any atom is 0.352 e. The average Bonchev–Trinajstić information content (AvgIpc) is 2.98. The van der Waals surface area contributed by atoms with Crippen LogP contribution in [-0.2, 0) is 7.05 Å². The van der Waals surface area contributed by atoms with Gasteiger partial charge in [-0.15, -0.1) is 0 Å². The number of aromatic carboxylic acids is 1. The molecule has 27 heavy (non-hydrogen) atoms. The third kappa shape index (κ3) is 3.32. The Morgan fingerprint density at radius 1 is 1.07 bits per heavy atom. The van der Waals surface area contributed by atoms with Crippen molar-refractivity contribution < 1.29 is 9.90 Å². The number of anilines is 2. The highest BCUT2D eigenvalue weighted by Gasteiger charge is 2.12. The number of pyridine rings is 1. The predicted octanol–water partition coefficient (Wildman–Crippen LogP) is 4.13. The second kappa shape index (κ2) is 6.69. The van der Waals surface area contributed by atoms with Gasteiger partial charge in [-0.2, -0.15) is 0 Å².